The van der Waals surface area contributed by atoms with Gasteiger partial charge in [0.2, 0.25) is 0 Å². The second kappa shape index (κ2) is 19.9. The second-order valence-corrected chi connectivity index (χ2v) is 7.79. The van der Waals surface area contributed by atoms with E-state index < -0.39 is 41.3 Å². The number of esters is 3. The van der Waals surface area contributed by atoms with Crippen molar-refractivity contribution in [3.05, 3.63) is 90.7 Å². The number of carbonyl (C=O) groups is 4. The molecule has 0 aliphatic rings. The highest BCUT2D eigenvalue weighted by molar-refractivity contribution is 9.08. The van der Waals surface area contributed by atoms with Gasteiger partial charge in [0.1, 0.15) is 17.3 Å². The molecule has 0 atom stereocenters. The van der Waals surface area contributed by atoms with Gasteiger partial charge < -0.3 is 45.8 Å². The predicted molar refractivity (Wildman–Crippen MR) is 143 cm³/mol. The molecule has 3 rings (SSSR count). The maximum atomic E-state index is 11.1. The summed E-state index contributed by atoms with van der Waals surface area (Å²) in [4.78, 5) is 72.8. The number of carboxylic acid groups (broad SMARTS) is 1. The molecule has 0 fully saturated rings. The van der Waals surface area contributed by atoms with Crippen LogP contribution in [0.5, 0.6) is 0 Å². The summed E-state index contributed by atoms with van der Waals surface area (Å²) in [7, 11) is 2.36. The third kappa shape index (κ3) is 16.7. The van der Waals surface area contributed by atoms with Crippen molar-refractivity contribution in [2.24, 2.45) is 0 Å². The molecule has 1 N–H and O–H groups in total. The van der Waals surface area contributed by atoms with E-state index in [1.165, 1.54) is 21.1 Å². The number of halogens is 1. The number of hydrogen-bond donors (Lipinski definition) is 1. The van der Waals surface area contributed by atoms with Crippen molar-refractivity contribution in [2.75, 3.05) is 14.2 Å². The molecular weight excluding hydrogens is 652 g/mol. The first-order valence-electron chi connectivity index (χ1n) is 11.4. The van der Waals surface area contributed by atoms with E-state index in [1.807, 2.05) is 0 Å². The Morgan fingerprint density at radius 3 is 1.30 bits per heavy atom. The summed E-state index contributed by atoms with van der Waals surface area (Å²) in [5, 5.41) is 8.48. The van der Waals surface area contributed by atoms with Crippen LogP contribution in [-0.4, -0.2) is 43.2 Å². The molecule has 0 saturated heterocycles. The van der Waals surface area contributed by atoms with E-state index in [0.29, 0.717) is 34.4 Å². The van der Waals surface area contributed by atoms with Crippen molar-refractivity contribution in [1.82, 2.24) is 0 Å². The molecule has 0 aliphatic heterocycles. The van der Waals surface area contributed by atoms with Crippen LogP contribution in [-0.2, 0) is 45.3 Å². The van der Waals surface area contributed by atoms with E-state index in [-0.39, 0.29) is 18.1 Å². The lowest BCUT2D eigenvalue weighted by molar-refractivity contribution is -0.140. The molecule has 3 heterocycles. The minimum atomic E-state index is -1.17. The van der Waals surface area contributed by atoms with Gasteiger partial charge in [0.15, 0.2) is 23.9 Å². The van der Waals surface area contributed by atoms with E-state index in [0.717, 1.165) is 18.2 Å². The normalized spacial score (nSPS) is 10.0. The topological polar surface area (TPSA) is 246 Å². The predicted octanol–water partition coefficient (Wildman–Crippen LogP) is 2.40. The molecule has 0 spiro atoms. The van der Waals surface area contributed by atoms with Crippen LogP contribution < -0.4 is 17.5 Å². The molecule has 0 amide bonds. The number of carbonyl (C=O) groups excluding carboxylic acids is 3. The molecule has 3 aromatic rings. The van der Waals surface area contributed by atoms with Crippen LogP contribution in [0.3, 0.4) is 0 Å². The highest BCUT2D eigenvalue weighted by Crippen LogP contribution is 2.08. The largest absolute Gasteiger partial charge is 0.519 e. The van der Waals surface area contributed by atoms with Crippen molar-refractivity contribution < 1.29 is 65.0 Å². The zero-order valence-corrected chi connectivity index (χ0v) is 25.2. The van der Waals surface area contributed by atoms with Gasteiger partial charge in [-0.2, -0.15) is 0 Å². The highest BCUT2D eigenvalue weighted by atomic mass is 79.9. The first kappa shape index (κ1) is 37.9. The van der Waals surface area contributed by atoms with Gasteiger partial charge in [-0.3, -0.25) is 0 Å². The fourth-order valence-corrected chi connectivity index (χ4v) is 2.52. The highest BCUT2D eigenvalue weighted by Gasteiger charge is 2.10. The molecule has 17 nitrogen and oxygen atoms in total. The molecule has 0 radical (unpaired) electrons. The fraction of sp³-hybridized carbons (Fsp3) is 0.320. The summed E-state index contributed by atoms with van der Waals surface area (Å²) in [6.07, 6.45) is 3.37. The van der Waals surface area contributed by atoms with Crippen LogP contribution in [0.15, 0.2) is 65.2 Å². The molecule has 0 aliphatic carbocycles. The van der Waals surface area contributed by atoms with Gasteiger partial charge in [0.05, 0.1) is 19.5 Å². The Kier molecular flexibility index (Phi) is 17.5. The van der Waals surface area contributed by atoms with Crippen LogP contribution in [0.1, 0.15) is 34.6 Å². The Balaban J connectivity index is 0.000000581. The van der Waals surface area contributed by atoms with Crippen molar-refractivity contribution in [3.8, 4) is 0 Å². The molecule has 0 bridgehead atoms. The lowest BCUT2D eigenvalue weighted by Crippen LogP contribution is -2.03. The van der Waals surface area contributed by atoms with Gasteiger partial charge in [-0.1, -0.05) is 15.9 Å². The van der Waals surface area contributed by atoms with Gasteiger partial charge in [-0.25, -0.2) is 33.6 Å². The number of rotatable bonds is 7. The number of carboxylic acids is 1. The summed E-state index contributed by atoms with van der Waals surface area (Å²) in [5.41, 5.74) is 0. The summed E-state index contributed by atoms with van der Waals surface area (Å²) in [6, 6.07) is 0. The first-order chi connectivity index (χ1) is 20.1. The molecule has 0 aromatic carbocycles. The zero-order valence-electron chi connectivity index (χ0n) is 23.6. The second-order valence-electron chi connectivity index (χ2n) is 7.23. The lowest BCUT2D eigenvalue weighted by atomic mass is 10.4. The summed E-state index contributed by atoms with van der Waals surface area (Å²) < 4.78 is 40.4. The Morgan fingerprint density at radius 1 is 0.628 bits per heavy atom. The molecule has 0 unspecified atom stereocenters. The lowest BCUT2D eigenvalue weighted by Gasteiger charge is -1.97. The first-order valence-corrected chi connectivity index (χ1v) is 12.5. The number of aryl methyl sites for hydroxylation is 4. The Bertz CT molecular complexity index is 1540. The minimum absolute atomic E-state index is 0.120. The molecule has 43 heavy (non-hydrogen) atoms. The third-order valence-electron chi connectivity index (χ3n) is 4.23. The number of methoxy groups -OCH3 is 2. The quantitative estimate of drug-likeness (QED) is 0.163. The summed E-state index contributed by atoms with van der Waals surface area (Å²) in [6.45, 7) is 6.29. The monoisotopic (exact) mass is 678 g/mol. The third-order valence-corrected chi connectivity index (χ3v) is 4.74. The van der Waals surface area contributed by atoms with Gasteiger partial charge in [-0.15, -0.1) is 0 Å². The number of aliphatic carboxylic acids is 1. The van der Waals surface area contributed by atoms with Gasteiger partial charge in [-0.05, 0) is 27.7 Å². The molecule has 0 saturated carbocycles. The van der Waals surface area contributed by atoms with Crippen molar-refractivity contribution in [3.63, 3.8) is 0 Å². The van der Waals surface area contributed by atoms with Crippen molar-refractivity contribution in [1.29, 1.82) is 0 Å². The Morgan fingerprint density at radius 2 is 1.00 bits per heavy atom. The Labute approximate surface area is 249 Å². The Hall–Kier alpha value is -5.13. The average Bonchev–Trinajstić information content (AvgIpc) is 3.57. The average molecular weight is 679 g/mol. The van der Waals surface area contributed by atoms with Gasteiger partial charge >= 0.3 is 41.3 Å². The zero-order chi connectivity index (χ0) is 33.1. The van der Waals surface area contributed by atoms with E-state index in [9.17, 15) is 33.6 Å². The van der Waals surface area contributed by atoms with Crippen LogP contribution in [0.4, 0.5) is 0 Å². The van der Waals surface area contributed by atoms with Crippen LogP contribution in [0, 0.1) is 27.7 Å². The van der Waals surface area contributed by atoms with Crippen molar-refractivity contribution in [2.45, 2.75) is 39.6 Å². The maximum Gasteiger partial charge on any atom is 0.519 e. The smallest absolute Gasteiger partial charge is 0.478 e. The number of hydrogen-bond acceptors (Lipinski definition) is 16. The van der Waals surface area contributed by atoms with Crippen LogP contribution in [0.2, 0.25) is 0 Å². The SMILES string of the molecule is COC(=O)/C=C/C(=O)O.COC(=O)/C=C/C(=O)OCc1oc(=O)oc1C.Cc1oc(=O)oc1C.Cc1oc(=O)oc1CBr. The minimum Gasteiger partial charge on any atom is -0.478 e. The number of ether oxygens (including phenoxy) is 3. The fourth-order valence-electron chi connectivity index (χ4n) is 2.01. The molecular formula is C25H27BrO17. The standard InChI is InChI=1S/C10H10O7.C5H5BrO3.C5H6O4.C5H6O3/c1-6-7(17-10(13)16-6)5-15-9(12)4-3-8(11)14-2;1-3-4(2-6)9-5(7)8-3;1-9-5(8)3-2-4(6)7;1-3-4(2)8-5(6)7-3/h3-4H,5H2,1-2H3;2H2,1H3;2-3H,1H3,(H,6,7);1-2H3/b4-3+;;3-2+;. The molecule has 236 valence electrons. The van der Waals surface area contributed by atoms with E-state index in [4.69, 9.17) is 9.84 Å². The van der Waals surface area contributed by atoms with Crippen LogP contribution >= 0.6 is 15.9 Å². The molecule has 18 heteroatoms. The van der Waals surface area contributed by atoms with Gasteiger partial charge in [0.25, 0.3) is 0 Å². The molecule has 3 aromatic heterocycles. The van der Waals surface area contributed by atoms with Crippen LogP contribution in [0.25, 0.3) is 0 Å². The number of alkyl halides is 1. The van der Waals surface area contributed by atoms with Crippen molar-refractivity contribution >= 4 is 39.8 Å². The summed E-state index contributed by atoms with van der Waals surface area (Å²) in [5.74, 6) is -2.85. The maximum absolute atomic E-state index is 11.1. The van der Waals surface area contributed by atoms with E-state index in [2.05, 4.69) is 51.9 Å². The summed E-state index contributed by atoms with van der Waals surface area (Å²) >= 11 is 3.13. The van der Waals surface area contributed by atoms with Gasteiger partial charge in [0, 0.05) is 24.3 Å². The van der Waals surface area contributed by atoms with E-state index >= 15 is 0 Å². The van der Waals surface area contributed by atoms with E-state index in [1.54, 1.807) is 20.8 Å².